The molecule has 16 nitrogen and oxygen atoms in total. The van der Waals surface area contributed by atoms with E-state index in [0.29, 0.717) is 84.9 Å². The maximum Gasteiger partial charge on any atom is 0.245 e. The molecule has 0 aliphatic heterocycles. The Kier molecular flexibility index (Phi) is 34.7. The van der Waals surface area contributed by atoms with Gasteiger partial charge in [0.1, 0.15) is 0 Å². The summed E-state index contributed by atoms with van der Waals surface area (Å²) in [5.41, 5.74) is 15.9. The van der Waals surface area contributed by atoms with E-state index < -0.39 is 0 Å². The highest BCUT2D eigenvalue weighted by atomic mass is 35.5. The van der Waals surface area contributed by atoms with E-state index in [1.807, 2.05) is 0 Å². The van der Waals surface area contributed by atoms with Crippen LogP contribution in [0.4, 0.5) is 11.6 Å². The van der Waals surface area contributed by atoms with Crippen molar-refractivity contribution in [1.29, 1.82) is 0 Å². The van der Waals surface area contributed by atoms with Crippen molar-refractivity contribution in [2.75, 3.05) is 118 Å². The van der Waals surface area contributed by atoms with E-state index >= 15 is 0 Å². The molecule has 0 radical (unpaired) electrons. The van der Waals surface area contributed by atoms with Gasteiger partial charge in [0.05, 0.1) is 59.5 Å². The normalized spacial score (nSPS) is 10.4. The summed E-state index contributed by atoms with van der Waals surface area (Å²) in [5.74, 6) is 0.873. The van der Waals surface area contributed by atoms with Gasteiger partial charge >= 0.3 is 0 Å². The number of halogens is 3. The van der Waals surface area contributed by atoms with Crippen molar-refractivity contribution in [1.82, 2.24) is 35.3 Å². The Balaban J connectivity index is 0. The average Bonchev–Trinajstić information content (AvgIpc) is 3.05. The lowest BCUT2D eigenvalue weighted by Crippen LogP contribution is -2.21. The third-order valence-electron chi connectivity index (χ3n) is 5.26. The van der Waals surface area contributed by atoms with E-state index in [1.54, 1.807) is 14.2 Å². The van der Waals surface area contributed by atoms with Crippen molar-refractivity contribution >= 4 is 46.4 Å². The first-order valence-corrected chi connectivity index (χ1v) is 16.0. The van der Waals surface area contributed by atoms with Crippen molar-refractivity contribution in [2.45, 2.75) is 33.6 Å². The number of methoxy groups -OCH3 is 2. The molecule has 0 saturated carbocycles. The highest BCUT2D eigenvalue weighted by Gasteiger charge is 2.03. The number of aryl methyl sites for hydroxylation is 1. The van der Waals surface area contributed by atoms with E-state index in [0.717, 1.165) is 6.42 Å². The lowest BCUT2D eigenvalue weighted by molar-refractivity contribution is 0.0243. The van der Waals surface area contributed by atoms with Gasteiger partial charge < -0.3 is 50.5 Å². The van der Waals surface area contributed by atoms with E-state index in [9.17, 15) is 0 Å². The molecule has 2 aromatic heterocycles. The Hall–Kier alpha value is -1.83. The van der Waals surface area contributed by atoms with Crippen molar-refractivity contribution < 1.29 is 28.4 Å². The fourth-order valence-corrected chi connectivity index (χ4v) is 3.07. The molecule has 46 heavy (non-hydrogen) atoms. The Morgan fingerprint density at radius 3 is 1.41 bits per heavy atom. The van der Waals surface area contributed by atoms with Crippen LogP contribution in [0.5, 0.6) is 0 Å². The third kappa shape index (κ3) is 29.6. The Bertz CT molecular complexity index is 946. The summed E-state index contributed by atoms with van der Waals surface area (Å²) in [6.45, 7) is 16.7. The van der Waals surface area contributed by atoms with Gasteiger partial charge in [-0.3, -0.25) is 0 Å². The maximum absolute atomic E-state index is 5.63. The van der Waals surface area contributed by atoms with E-state index in [-0.39, 0.29) is 27.2 Å². The number of nitrogens with zero attached hydrogens (tertiary/aromatic N) is 7. The molecule has 0 aromatic carbocycles. The van der Waals surface area contributed by atoms with Crippen LogP contribution < -0.4 is 17.2 Å². The molecule has 0 saturated heterocycles. The molecule has 2 rings (SSSR count). The van der Waals surface area contributed by atoms with Crippen LogP contribution in [0.3, 0.4) is 0 Å². The van der Waals surface area contributed by atoms with Crippen LogP contribution in [0.1, 0.15) is 33.0 Å². The summed E-state index contributed by atoms with van der Waals surface area (Å²) in [5, 5.41) is 14.4. The standard InChI is InChI=1S/C11H19ClN4O3.C7H17NO3.C6H15N.C3H2Cl2N4/c1-17-5-6-19-8-7-18-4-2-3-9-14-11(13)10(12)16-15-9;1-9-4-5-11-7-6-10-3-2-8;1-4-7(5-2)6-3;4-1-2(6)7-3(5)9-8-1/h2-8H2,1H3,(H2,13,14,15);2-8H2,1H3;4-6H2,1-3H3;(H2,6,7,9). The SMILES string of the molecule is CCN(CC)CC.COCCOCCOCCCc1nnc(Cl)c(N)n1.COCCOCCOCCN.Nc1nc(Cl)nnc1Cl. The Morgan fingerprint density at radius 2 is 1.02 bits per heavy atom. The molecule has 0 spiro atoms. The number of nitrogens with two attached hydrogens (primary N) is 3. The summed E-state index contributed by atoms with van der Waals surface area (Å²) < 4.78 is 30.5. The molecule has 268 valence electrons. The molecule has 0 aliphatic carbocycles. The van der Waals surface area contributed by atoms with Gasteiger partial charge in [-0.25, -0.2) is 4.98 Å². The molecule has 2 aromatic rings. The minimum Gasteiger partial charge on any atom is -0.382 e. The summed E-state index contributed by atoms with van der Waals surface area (Å²) in [6.07, 6.45) is 1.44. The van der Waals surface area contributed by atoms with Crippen LogP contribution in [0.25, 0.3) is 0 Å². The van der Waals surface area contributed by atoms with E-state index in [4.69, 9.17) is 80.4 Å². The summed E-state index contributed by atoms with van der Waals surface area (Å²) in [4.78, 5) is 9.90. The zero-order valence-electron chi connectivity index (χ0n) is 27.8. The van der Waals surface area contributed by atoms with Gasteiger partial charge in [0, 0.05) is 33.8 Å². The van der Waals surface area contributed by atoms with Gasteiger partial charge in [0.2, 0.25) is 5.28 Å². The lowest BCUT2D eigenvalue weighted by atomic mass is 10.3. The first kappa shape index (κ1) is 46.3. The fourth-order valence-electron chi connectivity index (χ4n) is 2.79. The summed E-state index contributed by atoms with van der Waals surface area (Å²) in [6, 6.07) is 0. The first-order chi connectivity index (χ1) is 22.2. The van der Waals surface area contributed by atoms with Crippen LogP contribution in [-0.4, -0.2) is 142 Å². The van der Waals surface area contributed by atoms with Crippen molar-refractivity contribution in [2.24, 2.45) is 5.73 Å². The number of aromatic nitrogens is 6. The van der Waals surface area contributed by atoms with Crippen molar-refractivity contribution in [3.63, 3.8) is 0 Å². The van der Waals surface area contributed by atoms with Crippen LogP contribution in [-0.2, 0) is 34.8 Å². The Morgan fingerprint density at radius 1 is 0.587 bits per heavy atom. The molecule has 6 N–H and O–H groups in total. The molecule has 0 unspecified atom stereocenters. The number of hydrogen-bond acceptors (Lipinski definition) is 16. The van der Waals surface area contributed by atoms with Gasteiger partial charge in [0.15, 0.2) is 27.8 Å². The van der Waals surface area contributed by atoms with Crippen LogP contribution >= 0.6 is 34.8 Å². The van der Waals surface area contributed by atoms with Gasteiger partial charge in [0.25, 0.3) is 0 Å². The summed E-state index contributed by atoms with van der Waals surface area (Å²) in [7, 11) is 3.29. The number of rotatable bonds is 21. The second-order valence-corrected chi connectivity index (χ2v) is 9.66. The molecule has 0 atom stereocenters. The molecule has 0 aliphatic rings. The van der Waals surface area contributed by atoms with E-state index in [1.165, 1.54) is 19.6 Å². The zero-order valence-corrected chi connectivity index (χ0v) is 30.0. The predicted octanol–water partition coefficient (Wildman–Crippen LogP) is 2.45. The molecule has 2 heterocycles. The number of hydrogen-bond donors (Lipinski definition) is 3. The third-order valence-corrected chi connectivity index (χ3v) is 5.96. The minimum atomic E-state index is -0.00287. The van der Waals surface area contributed by atoms with Crippen LogP contribution in [0.2, 0.25) is 15.6 Å². The zero-order chi connectivity index (χ0) is 34.8. The minimum absolute atomic E-state index is 0.00287. The van der Waals surface area contributed by atoms with Gasteiger partial charge in [-0.2, -0.15) is 4.98 Å². The quantitative estimate of drug-likeness (QED) is 0.158. The molecule has 0 bridgehead atoms. The smallest absolute Gasteiger partial charge is 0.245 e. The second-order valence-electron chi connectivity index (χ2n) is 8.61. The van der Waals surface area contributed by atoms with Gasteiger partial charge in [-0.1, -0.05) is 44.0 Å². The van der Waals surface area contributed by atoms with Crippen molar-refractivity contribution in [3.05, 3.63) is 21.4 Å². The average molecular weight is 720 g/mol. The highest BCUT2D eigenvalue weighted by molar-refractivity contribution is 6.32. The van der Waals surface area contributed by atoms with E-state index in [2.05, 4.69) is 56.0 Å². The molecule has 0 fully saturated rings. The number of ether oxygens (including phenoxy) is 6. The predicted molar refractivity (Wildman–Crippen MR) is 181 cm³/mol. The monoisotopic (exact) mass is 718 g/mol. The lowest BCUT2D eigenvalue weighted by Gasteiger charge is -2.13. The number of nitrogen functional groups attached to an aromatic ring is 2. The molecular weight excluding hydrogens is 667 g/mol. The number of anilines is 2. The van der Waals surface area contributed by atoms with Crippen molar-refractivity contribution in [3.8, 4) is 0 Å². The highest BCUT2D eigenvalue weighted by Crippen LogP contribution is 2.11. The second kappa shape index (κ2) is 34.5. The summed E-state index contributed by atoms with van der Waals surface area (Å²) >= 11 is 16.3. The van der Waals surface area contributed by atoms with Crippen LogP contribution in [0, 0.1) is 0 Å². The maximum atomic E-state index is 5.63. The van der Waals surface area contributed by atoms with Gasteiger partial charge in [-0.05, 0) is 37.7 Å². The molecular formula is C27H53Cl3N10O6. The largest absolute Gasteiger partial charge is 0.382 e. The Labute approximate surface area is 288 Å². The van der Waals surface area contributed by atoms with Gasteiger partial charge in [-0.15, -0.1) is 20.4 Å². The van der Waals surface area contributed by atoms with Crippen LogP contribution in [0.15, 0.2) is 0 Å². The first-order valence-electron chi connectivity index (χ1n) is 14.9. The fraction of sp³-hybridized carbons (Fsp3) is 0.778. The molecule has 0 amide bonds. The molecule has 19 heteroatoms. The topological polar surface area (TPSA) is 214 Å².